The number of rotatable bonds is 1. The van der Waals surface area contributed by atoms with Crippen LogP contribution in [-0.2, 0) is 10.0 Å². The van der Waals surface area contributed by atoms with Gasteiger partial charge in [-0.05, 0) is 18.8 Å². The summed E-state index contributed by atoms with van der Waals surface area (Å²) < 4.78 is 22.3. The summed E-state index contributed by atoms with van der Waals surface area (Å²) in [5, 5.41) is 4.85. The minimum absolute atomic E-state index is 0.238. The molecule has 12 heavy (non-hydrogen) atoms. The smallest absolute Gasteiger partial charge is 0.212 e. The molecule has 4 heteroatoms. The van der Waals surface area contributed by atoms with E-state index in [1.54, 1.807) is 0 Å². The molecule has 2 N–H and O–H groups in total. The van der Waals surface area contributed by atoms with Crippen molar-refractivity contribution in [1.29, 1.82) is 0 Å². The Bertz CT molecular complexity index is 235. The summed E-state index contributed by atoms with van der Waals surface area (Å²) in [6, 6.07) is 0. The van der Waals surface area contributed by atoms with Gasteiger partial charge in [0.1, 0.15) is 0 Å². The average molecular weight is 191 g/mol. The Kier molecular flexibility index (Phi) is 3.12. The van der Waals surface area contributed by atoms with Crippen molar-refractivity contribution < 1.29 is 8.42 Å². The fraction of sp³-hybridized carbons (Fsp3) is 1.00. The molecule has 0 bridgehead atoms. The van der Waals surface area contributed by atoms with Gasteiger partial charge in [-0.3, -0.25) is 0 Å². The lowest BCUT2D eigenvalue weighted by molar-refractivity contribution is 0.482. The third-order valence-electron chi connectivity index (χ3n) is 2.70. The molecule has 1 aliphatic rings. The minimum Gasteiger partial charge on any atom is -0.228 e. The Hall–Kier alpha value is -0.0900. The molecule has 2 unspecified atom stereocenters. The fourth-order valence-electron chi connectivity index (χ4n) is 1.95. The monoisotopic (exact) mass is 191 g/mol. The normalized spacial score (nSPS) is 32.8. The van der Waals surface area contributed by atoms with Crippen LogP contribution in [0.3, 0.4) is 0 Å². The summed E-state index contributed by atoms with van der Waals surface area (Å²) in [6.07, 6.45) is 5.05. The summed E-state index contributed by atoms with van der Waals surface area (Å²) >= 11 is 0. The second kappa shape index (κ2) is 3.75. The zero-order chi connectivity index (χ0) is 9.19. The van der Waals surface area contributed by atoms with Crippen LogP contribution in [-0.4, -0.2) is 13.7 Å². The molecule has 1 fully saturated rings. The van der Waals surface area contributed by atoms with E-state index in [2.05, 4.69) is 0 Å². The second-order valence-corrected chi connectivity index (χ2v) is 5.53. The van der Waals surface area contributed by atoms with Gasteiger partial charge in [-0.15, -0.1) is 0 Å². The molecule has 0 heterocycles. The van der Waals surface area contributed by atoms with Crippen LogP contribution in [0.2, 0.25) is 0 Å². The van der Waals surface area contributed by atoms with Gasteiger partial charge in [0, 0.05) is 0 Å². The Morgan fingerprint density at radius 1 is 1.17 bits per heavy atom. The predicted octanol–water partition coefficient (Wildman–Crippen LogP) is 1.24. The summed E-state index contributed by atoms with van der Waals surface area (Å²) in [5.74, 6) is 0.238. The molecule has 2 atom stereocenters. The highest BCUT2D eigenvalue weighted by molar-refractivity contribution is 7.89. The quantitative estimate of drug-likeness (QED) is 0.634. The van der Waals surface area contributed by atoms with Crippen molar-refractivity contribution in [2.45, 2.75) is 44.3 Å². The van der Waals surface area contributed by atoms with Crippen molar-refractivity contribution in [2.24, 2.45) is 11.1 Å². The van der Waals surface area contributed by atoms with E-state index >= 15 is 0 Å². The Labute approximate surface area is 74.4 Å². The van der Waals surface area contributed by atoms with E-state index in [1.165, 1.54) is 0 Å². The topological polar surface area (TPSA) is 60.2 Å². The first kappa shape index (κ1) is 9.99. The van der Waals surface area contributed by atoms with Gasteiger partial charge >= 0.3 is 0 Å². The lowest BCUT2D eigenvalue weighted by Gasteiger charge is -2.18. The van der Waals surface area contributed by atoms with Crippen molar-refractivity contribution in [3.63, 3.8) is 0 Å². The minimum atomic E-state index is -3.30. The van der Waals surface area contributed by atoms with Crippen LogP contribution in [0, 0.1) is 5.92 Å². The number of hydrogen-bond donors (Lipinski definition) is 1. The molecule has 1 aliphatic carbocycles. The highest BCUT2D eigenvalue weighted by atomic mass is 32.2. The van der Waals surface area contributed by atoms with Crippen molar-refractivity contribution in [3.05, 3.63) is 0 Å². The summed E-state index contributed by atoms with van der Waals surface area (Å²) in [5.41, 5.74) is 0. The van der Waals surface area contributed by atoms with Gasteiger partial charge < -0.3 is 0 Å². The first-order valence-electron chi connectivity index (χ1n) is 4.53. The van der Waals surface area contributed by atoms with Crippen LogP contribution in [0.15, 0.2) is 0 Å². The largest absolute Gasteiger partial charge is 0.228 e. The Balaban J connectivity index is 2.72. The van der Waals surface area contributed by atoms with Crippen LogP contribution in [0.5, 0.6) is 0 Å². The number of hydrogen-bond acceptors (Lipinski definition) is 2. The lowest BCUT2D eigenvalue weighted by atomic mass is 10.0. The maximum Gasteiger partial charge on any atom is 0.212 e. The van der Waals surface area contributed by atoms with Gasteiger partial charge in [-0.25, -0.2) is 13.6 Å². The van der Waals surface area contributed by atoms with Gasteiger partial charge in [0.25, 0.3) is 0 Å². The molecular weight excluding hydrogens is 174 g/mol. The zero-order valence-corrected chi connectivity index (χ0v) is 8.31. The van der Waals surface area contributed by atoms with E-state index in [9.17, 15) is 8.42 Å². The van der Waals surface area contributed by atoms with E-state index in [0.29, 0.717) is 0 Å². The average Bonchev–Trinajstić information content (AvgIpc) is 2.11. The van der Waals surface area contributed by atoms with E-state index in [-0.39, 0.29) is 11.2 Å². The van der Waals surface area contributed by atoms with Crippen molar-refractivity contribution >= 4 is 10.0 Å². The van der Waals surface area contributed by atoms with Gasteiger partial charge in [0.2, 0.25) is 10.0 Å². The Morgan fingerprint density at radius 3 is 2.33 bits per heavy atom. The molecule has 0 aromatic heterocycles. The first-order valence-corrected chi connectivity index (χ1v) is 6.14. The maximum absolute atomic E-state index is 11.1. The molecule has 72 valence electrons. The predicted molar refractivity (Wildman–Crippen MR) is 49.1 cm³/mol. The van der Waals surface area contributed by atoms with Gasteiger partial charge in [0.15, 0.2) is 0 Å². The van der Waals surface area contributed by atoms with Crippen LogP contribution >= 0.6 is 0 Å². The molecule has 0 aliphatic heterocycles. The molecule has 1 rings (SSSR count). The molecule has 0 aromatic rings. The number of sulfonamides is 1. The van der Waals surface area contributed by atoms with Crippen LogP contribution in [0.1, 0.15) is 39.0 Å². The molecule has 3 nitrogen and oxygen atoms in total. The van der Waals surface area contributed by atoms with Crippen LogP contribution in [0.25, 0.3) is 0 Å². The summed E-state index contributed by atoms with van der Waals surface area (Å²) in [4.78, 5) is 0. The Morgan fingerprint density at radius 2 is 1.75 bits per heavy atom. The molecule has 0 spiro atoms. The maximum atomic E-state index is 11.1. The third-order valence-corrected chi connectivity index (χ3v) is 4.25. The van der Waals surface area contributed by atoms with Gasteiger partial charge in [0.05, 0.1) is 5.25 Å². The van der Waals surface area contributed by atoms with E-state index in [0.717, 1.165) is 32.1 Å². The number of primary sulfonamides is 1. The van der Waals surface area contributed by atoms with Crippen molar-refractivity contribution in [1.82, 2.24) is 0 Å². The summed E-state index contributed by atoms with van der Waals surface area (Å²) in [6.45, 7) is 1.99. The molecule has 0 amide bonds. The van der Waals surface area contributed by atoms with E-state index < -0.39 is 10.0 Å². The SMILES string of the molecule is CC1CCCCCC1S(N)(=O)=O. The molecule has 0 radical (unpaired) electrons. The zero-order valence-electron chi connectivity index (χ0n) is 7.49. The number of nitrogens with two attached hydrogens (primary N) is 1. The van der Waals surface area contributed by atoms with Crippen molar-refractivity contribution in [2.75, 3.05) is 0 Å². The van der Waals surface area contributed by atoms with Crippen LogP contribution in [0.4, 0.5) is 0 Å². The lowest BCUT2D eigenvalue weighted by Crippen LogP contribution is -2.33. The van der Waals surface area contributed by atoms with E-state index in [1.807, 2.05) is 6.92 Å². The van der Waals surface area contributed by atoms with Gasteiger partial charge in [-0.2, -0.15) is 0 Å². The highest BCUT2D eigenvalue weighted by Gasteiger charge is 2.28. The first-order chi connectivity index (χ1) is 5.52. The molecule has 1 saturated carbocycles. The molecule has 0 saturated heterocycles. The standard InChI is InChI=1S/C8H17NO2S/c1-7-5-3-2-4-6-8(7)12(9,10)11/h7-8H,2-6H2,1H3,(H2,9,10,11). The molecule has 0 aromatic carbocycles. The fourth-order valence-corrected chi connectivity index (χ4v) is 3.23. The second-order valence-electron chi connectivity index (χ2n) is 3.74. The van der Waals surface area contributed by atoms with Crippen LogP contribution < -0.4 is 5.14 Å². The summed E-state index contributed by atoms with van der Waals surface area (Å²) in [7, 11) is -3.30. The van der Waals surface area contributed by atoms with Gasteiger partial charge in [-0.1, -0.05) is 26.2 Å². The van der Waals surface area contributed by atoms with E-state index in [4.69, 9.17) is 5.14 Å². The highest BCUT2D eigenvalue weighted by Crippen LogP contribution is 2.26. The third kappa shape index (κ3) is 2.45. The van der Waals surface area contributed by atoms with Crippen molar-refractivity contribution in [3.8, 4) is 0 Å². The molecular formula is C8H17NO2S.